The first-order chi connectivity index (χ1) is 7.00. The van der Waals surface area contributed by atoms with Crippen LogP contribution in [0, 0.1) is 0 Å². The molecule has 0 fully saturated rings. The van der Waals surface area contributed by atoms with Gasteiger partial charge in [-0.05, 0) is 31.2 Å². The Morgan fingerprint density at radius 2 is 1.93 bits per heavy atom. The quantitative estimate of drug-likeness (QED) is 0.757. The van der Waals surface area contributed by atoms with Gasteiger partial charge in [-0.2, -0.15) is 12.8 Å². The summed E-state index contributed by atoms with van der Waals surface area (Å²) in [6.07, 6.45) is 1.41. The van der Waals surface area contributed by atoms with Gasteiger partial charge in [0.15, 0.2) is 0 Å². The maximum absolute atomic E-state index is 11.6. The summed E-state index contributed by atoms with van der Waals surface area (Å²) >= 11 is 5.73. The van der Waals surface area contributed by atoms with Crippen molar-refractivity contribution < 1.29 is 8.42 Å². The van der Waals surface area contributed by atoms with Gasteiger partial charge in [0.05, 0.1) is 11.7 Å². The number of benzene rings is 1. The summed E-state index contributed by atoms with van der Waals surface area (Å²) in [7, 11) is -3.54. The molecule has 1 aromatic rings. The highest BCUT2D eigenvalue weighted by atomic mass is 35.5. The lowest BCUT2D eigenvalue weighted by Crippen LogP contribution is -2.32. The maximum Gasteiger partial charge on any atom is 0.345 e. The average molecular weight is 245 g/mol. The standard InChI is InChI=1S/C9H9ClN2O2S/c1-7-6-11-15(13,14)12(7)9-4-2-8(10)3-5-9/h2-7H,1H3. The Bertz CT molecular complexity index is 495. The molecule has 80 valence electrons. The van der Waals surface area contributed by atoms with Gasteiger partial charge in [-0.25, -0.2) is 4.31 Å². The van der Waals surface area contributed by atoms with Crippen molar-refractivity contribution in [2.75, 3.05) is 4.31 Å². The van der Waals surface area contributed by atoms with Gasteiger partial charge in [0.2, 0.25) is 0 Å². The summed E-state index contributed by atoms with van der Waals surface area (Å²) in [6, 6.07) is 6.36. The Kier molecular flexibility index (Phi) is 2.44. The van der Waals surface area contributed by atoms with Crippen molar-refractivity contribution in [3.8, 4) is 0 Å². The fourth-order valence-electron chi connectivity index (χ4n) is 1.44. The van der Waals surface area contributed by atoms with Crippen molar-refractivity contribution in [2.24, 2.45) is 4.40 Å². The summed E-state index contributed by atoms with van der Waals surface area (Å²) in [5.41, 5.74) is 0.574. The highest BCUT2D eigenvalue weighted by molar-refractivity contribution is 7.92. The molecular formula is C9H9ClN2O2S. The number of hydrogen-bond acceptors (Lipinski definition) is 2. The van der Waals surface area contributed by atoms with E-state index in [1.54, 1.807) is 31.2 Å². The van der Waals surface area contributed by atoms with Crippen LogP contribution >= 0.6 is 11.6 Å². The first-order valence-electron chi connectivity index (χ1n) is 4.36. The number of halogens is 1. The normalized spacial score (nSPS) is 23.3. The summed E-state index contributed by atoms with van der Waals surface area (Å²) in [6.45, 7) is 1.77. The molecule has 0 spiro atoms. The average Bonchev–Trinajstić information content (AvgIpc) is 2.43. The molecule has 1 aliphatic rings. The van der Waals surface area contributed by atoms with Crippen LogP contribution in [-0.4, -0.2) is 20.7 Å². The van der Waals surface area contributed by atoms with Crippen molar-refractivity contribution in [3.05, 3.63) is 29.3 Å². The van der Waals surface area contributed by atoms with E-state index in [2.05, 4.69) is 4.40 Å². The van der Waals surface area contributed by atoms with Gasteiger partial charge < -0.3 is 0 Å². The Morgan fingerprint density at radius 3 is 2.40 bits per heavy atom. The molecule has 4 nitrogen and oxygen atoms in total. The van der Waals surface area contributed by atoms with Gasteiger partial charge in [0, 0.05) is 11.2 Å². The van der Waals surface area contributed by atoms with Crippen molar-refractivity contribution in [3.63, 3.8) is 0 Å². The molecule has 0 radical (unpaired) electrons. The summed E-state index contributed by atoms with van der Waals surface area (Å²) in [5.74, 6) is 0. The minimum absolute atomic E-state index is 0.254. The molecule has 1 atom stereocenters. The van der Waals surface area contributed by atoms with Crippen molar-refractivity contribution >= 4 is 33.7 Å². The lowest BCUT2D eigenvalue weighted by atomic mass is 10.3. The molecule has 0 aliphatic carbocycles. The van der Waals surface area contributed by atoms with E-state index in [0.717, 1.165) is 0 Å². The number of hydrogen-bond donors (Lipinski definition) is 0. The van der Waals surface area contributed by atoms with Crippen LogP contribution in [0.3, 0.4) is 0 Å². The second-order valence-electron chi connectivity index (χ2n) is 3.25. The molecule has 2 rings (SSSR count). The van der Waals surface area contributed by atoms with E-state index in [9.17, 15) is 8.42 Å². The molecule has 0 aromatic heterocycles. The highest BCUT2D eigenvalue weighted by Gasteiger charge is 2.30. The van der Waals surface area contributed by atoms with Gasteiger partial charge in [-0.1, -0.05) is 11.6 Å². The molecule has 0 saturated heterocycles. The van der Waals surface area contributed by atoms with Crippen molar-refractivity contribution in [2.45, 2.75) is 13.0 Å². The van der Waals surface area contributed by atoms with Crippen LogP contribution in [0.4, 0.5) is 5.69 Å². The van der Waals surface area contributed by atoms with E-state index in [1.165, 1.54) is 10.5 Å². The molecule has 0 N–H and O–H groups in total. The van der Waals surface area contributed by atoms with Crippen LogP contribution < -0.4 is 4.31 Å². The predicted octanol–water partition coefficient (Wildman–Crippen LogP) is 1.86. The van der Waals surface area contributed by atoms with Gasteiger partial charge in [0.25, 0.3) is 0 Å². The van der Waals surface area contributed by atoms with Crippen LogP contribution in [0.2, 0.25) is 5.02 Å². The van der Waals surface area contributed by atoms with Gasteiger partial charge in [0.1, 0.15) is 0 Å². The minimum Gasteiger partial charge on any atom is -0.244 e. The molecule has 1 aliphatic heterocycles. The number of rotatable bonds is 1. The molecular weight excluding hydrogens is 236 g/mol. The van der Waals surface area contributed by atoms with E-state index >= 15 is 0 Å². The molecule has 0 amide bonds. The fourth-order valence-corrected chi connectivity index (χ4v) is 2.86. The van der Waals surface area contributed by atoms with E-state index in [1.807, 2.05) is 0 Å². The topological polar surface area (TPSA) is 49.7 Å². The Hall–Kier alpha value is -1.07. The minimum atomic E-state index is -3.54. The largest absolute Gasteiger partial charge is 0.345 e. The molecule has 0 saturated carbocycles. The lowest BCUT2D eigenvalue weighted by molar-refractivity contribution is 0.595. The van der Waals surface area contributed by atoms with E-state index < -0.39 is 10.2 Å². The second-order valence-corrected chi connectivity index (χ2v) is 5.18. The lowest BCUT2D eigenvalue weighted by Gasteiger charge is -2.20. The highest BCUT2D eigenvalue weighted by Crippen LogP contribution is 2.26. The van der Waals surface area contributed by atoms with Crippen LogP contribution in [0.5, 0.6) is 0 Å². The Balaban J connectivity index is 2.44. The third kappa shape index (κ3) is 1.85. The molecule has 0 bridgehead atoms. The first-order valence-corrected chi connectivity index (χ1v) is 6.13. The first kappa shape index (κ1) is 10.4. The van der Waals surface area contributed by atoms with E-state index in [-0.39, 0.29) is 6.04 Å². The molecule has 1 aromatic carbocycles. The molecule has 1 heterocycles. The molecule has 1 unspecified atom stereocenters. The predicted molar refractivity (Wildman–Crippen MR) is 60.8 cm³/mol. The van der Waals surface area contributed by atoms with Gasteiger partial charge >= 0.3 is 10.2 Å². The van der Waals surface area contributed by atoms with E-state index in [4.69, 9.17) is 11.6 Å². The summed E-state index contributed by atoms with van der Waals surface area (Å²) in [4.78, 5) is 0. The van der Waals surface area contributed by atoms with Gasteiger partial charge in [-0.15, -0.1) is 0 Å². The van der Waals surface area contributed by atoms with Crippen molar-refractivity contribution in [1.29, 1.82) is 0 Å². The fraction of sp³-hybridized carbons (Fsp3) is 0.222. The smallest absolute Gasteiger partial charge is 0.244 e. The van der Waals surface area contributed by atoms with Crippen molar-refractivity contribution in [1.82, 2.24) is 0 Å². The van der Waals surface area contributed by atoms with E-state index in [0.29, 0.717) is 10.7 Å². The Morgan fingerprint density at radius 1 is 1.33 bits per heavy atom. The third-order valence-electron chi connectivity index (χ3n) is 2.11. The zero-order chi connectivity index (χ0) is 11.1. The SMILES string of the molecule is CC1C=NS(=O)(=O)N1c1ccc(Cl)cc1. The Labute approximate surface area is 93.4 Å². The maximum atomic E-state index is 11.6. The molecule has 6 heteroatoms. The molecule has 15 heavy (non-hydrogen) atoms. The zero-order valence-electron chi connectivity index (χ0n) is 7.96. The van der Waals surface area contributed by atoms with Crippen LogP contribution in [0.25, 0.3) is 0 Å². The van der Waals surface area contributed by atoms with Crippen LogP contribution in [0.15, 0.2) is 28.7 Å². The second kappa shape index (κ2) is 3.50. The third-order valence-corrected chi connectivity index (χ3v) is 3.79. The van der Waals surface area contributed by atoms with Crippen LogP contribution in [-0.2, 0) is 10.2 Å². The van der Waals surface area contributed by atoms with Crippen LogP contribution in [0.1, 0.15) is 6.92 Å². The summed E-state index contributed by atoms with van der Waals surface area (Å²) in [5, 5.41) is 0.573. The van der Waals surface area contributed by atoms with Gasteiger partial charge in [-0.3, -0.25) is 0 Å². The monoisotopic (exact) mass is 244 g/mol. The zero-order valence-corrected chi connectivity index (χ0v) is 9.53. The summed E-state index contributed by atoms with van der Waals surface area (Å²) < 4.78 is 27.8. The number of anilines is 1. The number of nitrogens with zero attached hydrogens (tertiary/aromatic N) is 2.